The molecule has 3 heteroatoms. The average molecular weight is 462 g/mol. The van der Waals surface area contributed by atoms with Crippen LogP contribution in [-0.4, -0.2) is 23.3 Å². The molecule has 6 rings (SSSR count). The van der Waals surface area contributed by atoms with E-state index in [9.17, 15) is 0 Å². The van der Waals surface area contributed by atoms with Crippen molar-refractivity contribution in [2.45, 2.75) is 0 Å². The van der Waals surface area contributed by atoms with Gasteiger partial charge < -0.3 is 8.75 Å². The first kappa shape index (κ1) is 20.9. The molecule has 1 aromatic heterocycles. The van der Waals surface area contributed by atoms with Crippen LogP contribution in [0.25, 0.3) is 49.4 Å². The highest BCUT2D eigenvalue weighted by Crippen LogP contribution is 2.42. The Labute approximate surface area is 201 Å². The molecule has 6 aromatic rings. The monoisotopic (exact) mass is 461 g/mol. The summed E-state index contributed by atoms with van der Waals surface area (Å²) in [6.45, 7) is 0. The molecule has 1 heterocycles. The first-order chi connectivity index (χ1) is 16.5. The Bertz CT molecular complexity index is 1650. The maximum absolute atomic E-state index is 6.33. The van der Waals surface area contributed by atoms with Gasteiger partial charge in [-0.1, -0.05) is 72.8 Å². The molecule has 0 saturated heterocycles. The maximum atomic E-state index is 6.33. The van der Waals surface area contributed by atoms with Gasteiger partial charge in [-0.15, -0.1) is 10.3 Å². The van der Waals surface area contributed by atoms with Crippen LogP contribution in [0.2, 0.25) is 0 Å². The molecule has 0 atom stereocenters. The molecule has 0 bridgehead atoms. The molecule has 0 aliphatic carbocycles. The van der Waals surface area contributed by atoms with Crippen LogP contribution in [0.15, 0.2) is 109 Å². The smallest absolute Gasteiger partial charge is 0.135 e. The molecule has 0 saturated carbocycles. The minimum absolute atomic E-state index is 0.928. The third-order valence-electron chi connectivity index (χ3n) is 6.20. The second kappa shape index (κ2) is 7.96. The quantitative estimate of drug-likeness (QED) is 0.256. The average Bonchev–Trinajstić information content (AvgIpc) is 3.16. The molecule has 0 amide bonds. The molecule has 0 unspecified atom stereocenters. The lowest BCUT2D eigenvalue weighted by atomic mass is 10.0. The van der Waals surface area contributed by atoms with E-state index in [2.05, 4.69) is 133 Å². The van der Waals surface area contributed by atoms with E-state index in [0.29, 0.717) is 0 Å². The van der Waals surface area contributed by atoms with Gasteiger partial charge in [-0.05, 0) is 71.7 Å². The molecular formula is C31H27NOS. The fraction of sp³-hybridized carbons (Fsp3) is 0.0968. The van der Waals surface area contributed by atoms with Crippen molar-refractivity contribution in [3.63, 3.8) is 0 Å². The summed E-state index contributed by atoms with van der Waals surface area (Å²) in [4.78, 5) is 0. The Hall–Kier alpha value is -3.69. The third kappa shape index (κ3) is 3.63. The SMILES string of the molecule is CS(C)(C)Oc1ccc2c(c1)c1cc(-c3ccccc3)ccc1n2-c1cccc2ccccc12. The lowest BCUT2D eigenvalue weighted by Crippen LogP contribution is -2.01. The van der Waals surface area contributed by atoms with Crippen LogP contribution >= 0.6 is 10.3 Å². The van der Waals surface area contributed by atoms with Gasteiger partial charge in [0.05, 0.1) is 16.7 Å². The van der Waals surface area contributed by atoms with Gasteiger partial charge in [-0.25, -0.2) is 0 Å². The van der Waals surface area contributed by atoms with E-state index in [-0.39, 0.29) is 0 Å². The Kier molecular flexibility index (Phi) is 4.89. The van der Waals surface area contributed by atoms with Crippen molar-refractivity contribution < 1.29 is 4.18 Å². The van der Waals surface area contributed by atoms with Gasteiger partial charge in [0.2, 0.25) is 0 Å². The van der Waals surface area contributed by atoms with Gasteiger partial charge in [0, 0.05) is 16.2 Å². The van der Waals surface area contributed by atoms with Gasteiger partial charge in [-0.3, -0.25) is 0 Å². The highest BCUT2D eigenvalue weighted by atomic mass is 32.3. The Morgan fingerprint density at radius 3 is 2.03 bits per heavy atom. The van der Waals surface area contributed by atoms with Crippen LogP contribution in [0, 0.1) is 0 Å². The standard InChI is InChI=1S/C31H27NOS/c1-34(2,3)33-25-17-19-31-28(21-25)27-20-24(22-10-5-4-6-11-22)16-18-30(27)32(31)29-15-9-13-23-12-7-8-14-26(23)29/h4-21H,1-3H3. The van der Waals surface area contributed by atoms with E-state index in [0.717, 1.165) is 5.75 Å². The lowest BCUT2D eigenvalue weighted by molar-refractivity contribution is 0.630. The van der Waals surface area contributed by atoms with Gasteiger partial charge in [0.1, 0.15) is 5.75 Å². The van der Waals surface area contributed by atoms with E-state index < -0.39 is 10.3 Å². The van der Waals surface area contributed by atoms with E-state index in [1.165, 1.54) is 49.4 Å². The number of hydrogen-bond donors (Lipinski definition) is 0. The van der Waals surface area contributed by atoms with Gasteiger partial charge in [0.25, 0.3) is 0 Å². The highest BCUT2D eigenvalue weighted by Gasteiger charge is 2.17. The summed E-state index contributed by atoms with van der Waals surface area (Å²) in [6, 6.07) is 39.1. The Morgan fingerprint density at radius 1 is 0.559 bits per heavy atom. The summed E-state index contributed by atoms with van der Waals surface area (Å²) in [7, 11) is -1.13. The highest BCUT2D eigenvalue weighted by molar-refractivity contribution is 8.28. The van der Waals surface area contributed by atoms with Crippen LogP contribution in [0.4, 0.5) is 0 Å². The molecule has 2 nitrogen and oxygen atoms in total. The summed E-state index contributed by atoms with van der Waals surface area (Å²) in [5.74, 6) is 0.928. The molecule has 0 aliphatic rings. The molecule has 34 heavy (non-hydrogen) atoms. The summed E-state index contributed by atoms with van der Waals surface area (Å²) in [5.41, 5.74) is 6.03. The molecule has 0 N–H and O–H groups in total. The van der Waals surface area contributed by atoms with E-state index >= 15 is 0 Å². The van der Waals surface area contributed by atoms with E-state index in [1.54, 1.807) is 0 Å². The maximum Gasteiger partial charge on any atom is 0.135 e. The van der Waals surface area contributed by atoms with Crippen molar-refractivity contribution in [1.82, 2.24) is 4.57 Å². The molecule has 0 aliphatic heterocycles. The lowest BCUT2D eigenvalue weighted by Gasteiger charge is -2.26. The third-order valence-corrected chi connectivity index (χ3v) is 6.89. The van der Waals surface area contributed by atoms with Crippen LogP contribution in [0.3, 0.4) is 0 Å². The van der Waals surface area contributed by atoms with E-state index in [4.69, 9.17) is 4.18 Å². The predicted octanol–water partition coefficient (Wildman–Crippen LogP) is 8.59. The first-order valence-electron chi connectivity index (χ1n) is 11.5. The predicted molar refractivity (Wildman–Crippen MR) is 150 cm³/mol. The summed E-state index contributed by atoms with van der Waals surface area (Å²) in [6.07, 6.45) is 6.51. The second-order valence-electron chi connectivity index (χ2n) is 9.42. The first-order valence-corrected chi connectivity index (χ1v) is 14.3. The minimum atomic E-state index is -1.13. The topological polar surface area (TPSA) is 14.2 Å². The fourth-order valence-corrected chi connectivity index (χ4v) is 5.50. The van der Waals surface area contributed by atoms with Crippen LogP contribution in [-0.2, 0) is 0 Å². The van der Waals surface area contributed by atoms with Gasteiger partial charge >= 0.3 is 0 Å². The number of hydrogen-bond acceptors (Lipinski definition) is 1. The number of benzene rings is 5. The van der Waals surface area contributed by atoms with Crippen molar-refractivity contribution in [3.8, 4) is 22.6 Å². The van der Waals surface area contributed by atoms with Crippen LogP contribution in [0.5, 0.6) is 5.75 Å². The van der Waals surface area contributed by atoms with Gasteiger partial charge in [0.15, 0.2) is 0 Å². The number of aromatic nitrogens is 1. The van der Waals surface area contributed by atoms with Crippen molar-refractivity contribution in [2.75, 3.05) is 18.8 Å². The molecule has 168 valence electrons. The van der Waals surface area contributed by atoms with Gasteiger partial charge in [-0.2, -0.15) is 0 Å². The van der Waals surface area contributed by atoms with Crippen LogP contribution in [0.1, 0.15) is 0 Å². The zero-order valence-corrected chi connectivity index (χ0v) is 20.5. The summed E-state index contributed by atoms with van der Waals surface area (Å²) in [5, 5.41) is 4.93. The molecular weight excluding hydrogens is 434 g/mol. The van der Waals surface area contributed by atoms with Crippen molar-refractivity contribution in [3.05, 3.63) is 109 Å². The van der Waals surface area contributed by atoms with Crippen molar-refractivity contribution >= 4 is 42.9 Å². The molecule has 0 radical (unpaired) electrons. The summed E-state index contributed by atoms with van der Waals surface area (Å²) >= 11 is 0. The Balaban J connectivity index is 1.68. The zero-order chi connectivity index (χ0) is 23.3. The molecule has 0 spiro atoms. The number of fused-ring (bicyclic) bond motifs is 4. The molecule has 5 aromatic carbocycles. The normalized spacial score (nSPS) is 12.4. The second-order valence-corrected chi connectivity index (χ2v) is 13.0. The largest absolute Gasteiger partial charge is 0.450 e. The fourth-order valence-electron chi connectivity index (χ4n) is 4.82. The van der Waals surface area contributed by atoms with Crippen molar-refractivity contribution in [2.24, 2.45) is 0 Å². The van der Waals surface area contributed by atoms with Crippen LogP contribution < -0.4 is 4.18 Å². The van der Waals surface area contributed by atoms with E-state index in [1.807, 2.05) is 0 Å². The Morgan fingerprint density at radius 2 is 1.24 bits per heavy atom. The zero-order valence-electron chi connectivity index (χ0n) is 19.7. The minimum Gasteiger partial charge on any atom is -0.450 e. The molecule has 0 fully saturated rings. The number of nitrogens with zero attached hydrogens (tertiary/aromatic N) is 1. The van der Waals surface area contributed by atoms with Crippen molar-refractivity contribution in [1.29, 1.82) is 0 Å². The summed E-state index contributed by atoms with van der Waals surface area (Å²) < 4.78 is 8.73. The number of rotatable bonds is 4.